The molecule has 0 aromatic carbocycles. The van der Waals surface area contributed by atoms with Crippen LogP contribution in [0.25, 0.3) is 0 Å². The zero-order chi connectivity index (χ0) is 5.56. The Hall–Kier alpha value is 0.310. The lowest BCUT2D eigenvalue weighted by molar-refractivity contribution is 0.371. The third kappa shape index (κ3) is 0.669. The second-order valence-corrected chi connectivity index (χ2v) is 3.38. The molecule has 1 saturated carbocycles. The van der Waals surface area contributed by atoms with Crippen molar-refractivity contribution in [3.63, 3.8) is 0 Å². The van der Waals surface area contributed by atoms with Crippen LogP contribution in [-0.4, -0.2) is 16.9 Å². The van der Waals surface area contributed by atoms with Gasteiger partial charge in [0.15, 0.2) is 0 Å². The highest BCUT2D eigenvalue weighted by Crippen LogP contribution is 2.43. The summed E-state index contributed by atoms with van der Waals surface area (Å²) in [5, 5.41) is 0. The lowest BCUT2D eigenvalue weighted by Crippen LogP contribution is -2.22. The molecule has 2 unspecified atom stereocenters. The lowest BCUT2D eigenvalue weighted by Gasteiger charge is -2.19. The van der Waals surface area contributed by atoms with Gasteiger partial charge in [0.1, 0.15) is 0 Å². The number of piperidine rings is 1. The maximum atomic E-state index is 4.33. The van der Waals surface area contributed by atoms with Crippen molar-refractivity contribution in [3.8, 4) is 0 Å². The molecule has 8 heavy (non-hydrogen) atoms. The van der Waals surface area contributed by atoms with E-state index in [1.54, 1.807) is 0 Å². The SMILES string of the molecule is SN1CCCC2CC21. The molecule has 1 saturated heterocycles. The van der Waals surface area contributed by atoms with E-state index in [9.17, 15) is 0 Å². The number of hydrogen-bond donors (Lipinski definition) is 1. The zero-order valence-corrected chi connectivity index (χ0v) is 5.77. The Bertz CT molecular complexity index is 105. The van der Waals surface area contributed by atoms with Crippen LogP contribution in [0.4, 0.5) is 0 Å². The monoisotopic (exact) mass is 129 g/mol. The minimum atomic E-state index is 0.868. The van der Waals surface area contributed by atoms with Gasteiger partial charge in [-0.2, -0.15) is 0 Å². The molecule has 1 aliphatic heterocycles. The third-order valence-electron chi connectivity index (χ3n) is 2.23. The van der Waals surface area contributed by atoms with Gasteiger partial charge >= 0.3 is 0 Å². The van der Waals surface area contributed by atoms with E-state index in [2.05, 4.69) is 17.1 Å². The van der Waals surface area contributed by atoms with Gasteiger partial charge in [0.05, 0.1) is 0 Å². The van der Waals surface area contributed by atoms with Crippen LogP contribution >= 0.6 is 12.8 Å². The van der Waals surface area contributed by atoms with E-state index in [4.69, 9.17) is 0 Å². The normalized spacial score (nSPS) is 46.1. The molecule has 2 rings (SSSR count). The highest BCUT2D eigenvalue weighted by Gasteiger charge is 2.42. The molecule has 2 aliphatic rings. The van der Waals surface area contributed by atoms with Crippen LogP contribution in [-0.2, 0) is 0 Å². The van der Waals surface area contributed by atoms with E-state index in [1.165, 1.54) is 25.8 Å². The third-order valence-corrected chi connectivity index (χ3v) is 2.73. The van der Waals surface area contributed by atoms with Gasteiger partial charge in [-0.05, 0) is 25.2 Å². The molecule has 0 N–H and O–H groups in total. The summed E-state index contributed by atoms with van der Waals surface area (Å²) < 4.78 is 2.20. The molecule has 0 amide bonds. The molecule has 1 aliphatic carbocycles. The van der Waals surface area contributed by atoms with Crippen LogP contribution in [0.5, 0.6) is 0 Å². The summed E-state index contributed by atoms with van der Waals surface area (Å²) in [4.78, 5) is 0. The summed E-state index contributed by atoms with van der Waals surface area (Å²) in [6.45, 7) is 1.21. The number of rotatable bonds is 0. The topological polar surface area (TPSA) is 3.24 Å². The van der Waals surface area contributed by atoms with Crippen molar-refractivity contribution in [2.24, 2.45) is 5.92 Å². The molecule has 1 heterocycles. The fraction of sp³-hybridized carbons (Fsp3) is 1.00. The Morgan fingerprint density at radius 2 is 2.38 bits per heavy atom. The number of thiol groups is 1. The van der Waals surface area contributed by atoms with Gasteiger partial charge in [0.25, 0.3) is 0 Å². The van der Waals surface area contributed by atoms with Crippen molar-refractivity contribution in [3.05, 3.63) is 0 Å². The summed E-state index contributed by atoms with van der Waals surface area (Å²) in [5.74, 6) is 1.03. The van der Waals surface area contributed by atoms with Crippen LogP contribution in [0.15, 0.2) is 0 Å². The predicted octanol–water partition coefficient (Wildman–Crippen LogP) is 1.32. The van der Waals surface area contributed by atoms with Crippen LogP contribution in [0.1, 0.15) is 19.3 Å². The van der Waals surface area contributed by atoms with Crippen LogP contribution in [0.3, 0.4) is 0 Å². The molecule has 1 nitrogen and oxygen atoms in total. The average Bonchev–Trinajstić information content (AvgIpc) is 2.45. The van der Waals surface area contributed by atoms with Gasteiger partial charge in [0.2, 0.25) is 0 Å². The summed E-state index contributed by atoms with van der Waals surface area (Å²) in [7, 11) is 0. The predicted molar refractivity (Wildman–Crippen MR) is 36.8 cm³/mol. The second kappa shape index (κ2) is 1.64. The van der Waals surface area contributed by atoms with Gasteiger partial charge in [-0.3, -0.25) is 0 Å². The largest absolute Gasteiger partial charge is 0.250 e. The fourth-order valence-corrected chi connectivity index (χ4v) is 2.01. The maximum absolute atomic E-state index is 4.33. The Morgan fingerprint density at radius 3 is 3.00 bits per heavy atom. The first-order valence-corrected chi connectivity index (χ1v) is 3.73. The van der Waals surface area contributed by atoms with E-state index >= 15 is 0 Å². The van der Waals surface area contributed by atoms with Crippen molar-refractivity contribution in [2.45, 2.75) is 25.3 Å². The molecule has 0 aromatic rings. The molecule has 0 spiro atoms. The first-order valence-electron chi connectivity index (χ1n) is 3.33. The van der Waals surface area contributed by atoms with Crippen molar-refractivity contribution in [2.75, 3.05) is 6.54 Å². The molecular weight excluding hydrogens is 118 g/mol. The van der Waals surface area contributed by atoms with Crippen molar-refractivity contribution < 1.29 is 0 Å². The van der Waals surface area contributed by atoms with Gasteiger partial charge in [-0.15, -0.1) is 0 Å². The molecule has 2 atom stereocenters. The Kier molecular flexibility index (Phi) is 1.05. The minimum absolute atomic E-state index is 0.868. The maximum Gasteiger partial charge on any atom is 0.0232 e. The quantitative estimate of drug-likeness (QED) is 0.483. The molecule has 0 radical (unpaired) electrons. The molecule has 0 bridgehead atoms. The Labute approximate surface area is 55.6 Å². The minimum Gasteiger partial charge on any atom is -0.250 e. The van der Waals surface area contributed by atoms with E-state index in [-0.39, 0.29) is 0 Å². The first-order chi connectivity index (χ1) is 3.88. The molecule has 46 valence electrons. The van der Waals surface area contributed by atoms with Crippen LogP contribution in [0.2, 0.25) is 0 Å². The summed E-state index contributed by atoms with van der Waals surface area (Å²) in [5.41, 5.74) is 0. The fourth-order valence-electron chi connectivity index (χ4n) is 1.59. The van der Waals surface area contributed by atoms with Crippen molar-refractivity contribution >= 4 is 12.8 Å². The van der Waals surface area contributed by atoms with E-state index in [1.807, 2.05) is 0 Å². The van der Waals surface area contributed by atoms with E-state index < -0.39 is 0 Å². The second-order valence-electron chi connectivity index (χ2n) is 2.87. The van der Waals surface area contributed by atoms with Crippen molar-refractivity contribution in [1.29, 1.82) is 0 Å². The number of fused-ring (bicyclic) bond motifs is 1. The molecule has 0 aromatic heterocycles. The standard InChI is InChI=1S/C6H11NS/c8-7-3-1-2-5-4-6(5)7/h5-6,8H,1-4H2. The van der Waals surface area contributed by atoms with Gasteiger partial charge in [0, 0.05) is 12.6 Å². The van der Waals surface area contributed by atoms with Gasteiger partial charge < -0.3 is 0 Å². The smallest absolute Gasteiger partial charge is 0.0232 e. The summed E-state index contributed by atoms with van der Waals surface area (Å²) in [6.07, 6.45) is 4.25. The van der Waals surface area contributed by atoms with Crippen LogP contribution in [0, 0.1) is 5.92 Å². The summed E-state index contributed by atoms with van der Waals surface area (Å²) in [6, 6.07) is 0.868. The highest BCUT2D eigenvalue weighted by atomic mass is 32.1. The van der Waals surface area contributed by atoms with E-state index in [0.29, 0.717) is 0 Å². The van der Waals surface area contributed by atoms with Crippen LogP contribution < -0.4 is 0 Å². The number of hydrogen-bond acceptors (Lipinski definition) is 2. The highest BCUT2D eigenvalue weighted by molar-refractivity contribution is 7.77. The first kappa shape index (κ1) is 5.12. The van der Waals surface area contributed by atoms with Crippen molar-refractivity contribution in [1.82, 2.24) is 4.31 Å². The zero-order valence-electron chi connectivity index (χ0n) is 4.88. The Balaban J connectivity index is 1.99. The molecular formula is C6H11NS. The lowest BCUT2D eigenvalue weighted by atomic mass is 10.2. The summed E-state index contributed by atoms with van der Waals surface area (Å²) >= 11 is 4.33. The Morgan fingerprint density at radius 1 is 1.50 bits per heavy atom. The van der Waals surface area contributed by atoms with Gasteiger partial charge in [-0.1, -0.05) is 12.8 Å². The van der Waals surface area contributed by atoms with E-state index in [0.717, 1.165) is 12.0 Å². The average molecular weight is 129 g/mol. The van der Waals surface area contributed by atoms with Gasteiger partial charge in [-0.25, -0.2) is 4.31 Å². The molecule has 2 fully saturated rings. The molecule has 2 heteroatoms. The number of nitrogens with zero attached hydrogens (tertiary/aromatic N) is 1.